The number of benzene rings is 2. The van der Waals surface area contributed by atoms with Gasteiger partial charge in [-0.1, -0.05) is 12.1 Å². The van der Waals surface area contributed by atoms with Gasteiger partial charge in [0.1, 0.15) is 5.82 Å². The number of esters is 1. The first kappa shape index (κ1) is 19.2. The van der Waals surface area contributed by atoms with Crippen LogP contribution in [0.5, 0.6) is 0 Å². The number of halogens is 4. The van der Waals surface area contributed by atoms with E-state index in [0.717, 1.165) is 30.3 Å². The average molecular weight is 367 g/mol. The molecule has 2 aromatic carbocycles. The van der Waals surface area contributed by atoms with Gasteiger partial charge in [-0.05, 0) is 48.0 Å². The maximum atomic E-state index is 12.7. The van der Waals surface area contributed by atoms with E-state index in [1.165, 1.54) is 30.3 Å². The Balaban J connectivity index is 1.80. The van der Waals surface area contributed by atoms with Gasteiger partial charge in [-0.3, -0.25) is 4.79 Å². The molecule has 136 valence electrons. The lowest BCUT2D eigenvalue weighted by Crippen LogP contribution is -2.20. The number of ether oxygens (including phenoxy) is 1. The number of hydrogen-bond acceptors (Lipinski definition) is 3. The molecule has 1 N–H and O–H groups in total. The fraction of sp³-hybridized carbons (Fsp3) is 0.111. The molecular formula is C18H13F4NO3. The molecule has 0 fully saturated rings. The summed E-state index contributed by atoms with van der Waals surface area (Å²) in [5, 5.41) is 2.31. The third-order valence-corrected chi connectivity index (χ3v) is 3.12. The Bertz CT molecular complexity index is 797. The third kappa shape index (κ3) is 6.04. The minimum absolute atomic E-state index is 0.140. The van der Waals surface area contributed by atoms with Crippen molar-refractivity contribution in [2.24, 2.45) is 0 Å². The SMILES string of the molecule is O=C(COC(=O)/C=C/c1ccc(F)cc1)Nc1ccc(C(F)(F)F)cc1. The van der Waals surface area contributed by atoms with Crippen LogP contribution < -0.4 is 5.32 Å². The number of carbonyl (C=O) groups is 2. The van der Waals surface area contributed by atoms with Gasteiger partial charge in [0.25, 0.3) is 5.91 Å². The molecule has 0 saturated carbocycles. The van der Waals surface area contributed by atoms with Gasteiger partial charge >= 0.3 is 12.1 Å². The minimum atomic E-state index is -4.46. The van der Waals surface area contributed by atoms with Gasteiger partial charge < -0.3 is 10.1 Å². The second-order valence-corrected chi connectivity index (χ2v) is 5.12. The molecule has 0 aliphatic heterocycles. The van der Waals surface area contributed by atoms with Crippen LogP contribution in [0.25, 0.3) is 6.08 Å². The van der Waals surface area contributed by atoms with Crippen LogP contribution in [0.15, 0.2) is 54.6 Å². The summed E-state index contributed by atoms with van der Waals surface area (Å²) in [6, 6.07) is 9.20. The number of rotatable bonds is 5. The lowest BCUT2D eigenvalue weighted by molar-refractivity contribution is -0.142. The summed E-state index contributed by atoms with van der Waals surface area (Å²) in [7, 11) is 0. The van der Waals surface area contributed by atoms with Crippen LogP contribution in [0.4, 0.5) is 23.2 Å². The third-order valence-electron chi connectivity index (χ3n) is 3.12. The van der Waals surface area contributed by atoms with E-state index in [0.29, 0.717) is 5.56 Å². The Morgan fingerprint density at radius 1 is 1.00 bits per heavy atom. The van der Waals surface area contributed by atoms with E-state index in [4.69, 9.17) is 4.74 Å². The predicted octanol–water partition coefficient (Wildman–Crippen LogP) is 4.04. The highest BCUT2D eigenvalue weighted by atomic mass is 19.4. The summed E-state index contributed by atoms with van der Waals surface area (Å²) in [6.07, 6.45) is -2.01. The zero-order chi connectivity index (χ0) is 19.2. The Morgan fingerprint density at radius 2 is 1.62 bits per heavy atom. The van der Waals surface area contributed by atoms with E-state index in [2.05, 4.69) is 5.32 Å². The predicted molar refractivity (Wildman–Crippen MR) is 86.5 cm³/mol. The molecule has 8 heteroatoms. The van der Waals surface area contributed by atoms with Crippen molar-refractivity contribution in [2.45, 2.75) is 6.18 Å². The van der Waals surface area contributed by atoms with Crippen LogP contribution in [0, 0.1) is 5.82 Å². The molecule has 26 heavy (non-hydrogen) atoms. The summed E-state index contributed by atoms with van der Waals surface area (Å²) in [6.45, 7) is -0.604. The molecule has 0 atom stereocenters. The number of amides is 1. The summed E-state index contributed by atoms with van der Waals surface area (Å²) < 4.78 is 54.8. The molecule has 0 heterocycles. The number of alkyl halides is 3. The summed E-state index contributed by atoms with van der Waals surface area (Å²) in [5.74, 6) is -1.91. The van der Waals surface area contributed by atoms with Crippen molar-refractivity contribution in [1.29, 1.82) is 0 Å². The molecule has 0 saturated heterocycles. The van der Waals surface area contributed by atoms with Crippen LogP contribution in [-0.2, 0) is 20.5 Å². The standard InChI is InChI=1S/C18H13F4NO3/c19-14-6-1-12(2-7-14)3-10-17(25)26-11-16(24)23-15-8-4-13(5-9-15)18(20,21)22/h1-10H,11H2,(H,23,24)/b10-3+. The van der Waals surface area contributed by atoms with Gasteiger partial charge in [-0.2, -0.15) is 13.2 Å². The molecule has 0 unspecified atom stereocenters. The molecule has 0 aliphatic carbocycles. The van der Waals surface area contributed by atoms with Crippen molar-refractivity contribution in [3.8, 4) is 0 Å². The van der Waals surface area contributed by atoms with Crippen molar-refractivity contribution >= 4 is 23.6 Å². The second kappa shape index (κ2) is 8.28. The fourth-order valence-electron chi connectivity index (χ4n) is 1.86. The smallest absolute Gasteiger partial charge is 0.416 e. The van der Waals surface area contributed by atoms with Crippen molar-refractivity contribution in [1.82, 2.24) is 0 Å². The first-order valence-electron chi connectivity index (χ1n) is 7.31. The number of hydrogen-bond donors (Lipinski definition) is 1. The van der Waals surface area contributed by atoms with Crippen molar-refractivity contribution in [3.05, 3.63) is 71.6 Å². The van der Waals surface area contributed by atoms with Crippen molar-refractivity contribution in [2.75, 3.05) is 11.9 Å². The van der Waals surface area contributed by atoms with Crippen molar-refractivity contribution in [3.63, 3.8) is 0 Å². The fourth-order valence-corrected chi connectivity index (χ4v) is 1.86. The van der Waals surface area contributed by atoms with Gasteiger partial charge in [-0.15, -0.1) is 0 Å². The van der Waals surface area contributed by atoms with E-state index in [1.807, 2.05) is 0 Å². The Labute approximate surface area is 146 Å². The molecule has 0 aliphatic rings. The first-order valence-corrected chi connectivity index (χ1v) is 7.31. The van der Waals surface area contributed by atoms with Gasteiger partial charge in [-0.25, -0.2) is 9.18 Å². The molecule has 2 rings (SSSR count). The first-order chi connectivity index (χ1) is 12.2. The molecule has 0 radical (unpaired) electrons. The Morgan fingerprint density at radius 3 is 2.19 bits per heavy atom. The highest BCUT2D eigenvalue weighted by Crippen LogP contribution is 2.29. The molecule has 0 spiro atoms. The van der Waals surface area contributed by atoms with E-state index >= 15 is 0 Å². The van der Waals surface area contributed by atoms with Gasteiger partial charge in [0.2, 0.25) is 0 Å². The maximum absolute atomic E-state index is 12.7. The summed E-state index contributed by atoms with van der Waals surface area (Å²) in [5.41, 5.74) is -0.133. The van der Waals surface area contributed by atoms with E-state index < -0.39 is 36.0 Å². The summed E-state index contributed by atoms with van der Waals surface area (Å²) in [4.78, 5) is 23.1. The quantitative estimate of drug-likeness (QED) is 0.493. The topological polar surface area (TPSA) is 55.4 Å². The summed E-state index contributed by atoms with van der Waals surface area (Å²) >= 11 is 0. The molecule has 1 amide bonds. The minimum Gasteiger partial charge on any atom is -0.452 e. The zero-order valence-corrected chi connectivity index (χ0v) is 13.2. The van der Waals surface area contributed by atoms with Crippen molar-refractivity contribution < 1.29 is 31.9 Å². The maximum Gasteiger partial charge on any atom is 0.416 e. The number of nitrogens with one attached hydrogen (secondary N) is 1. The van der Waals surface area contributed by atoms with Crippen LogP contribution in [0.2, 0.25) is 0 Å². The van der Waals surface area contributed by atoms with Gasteiger partial charge in [0.15, 0.2) is 6.61 Å². The second-order valence-electron chi connectivity index (χ2n) is 5.12. The highest BCUT2D eigenvalue weighted by Gasteiger charge is 2.29. The lowest BCUT2D eigenvalue weighted by atomic mass is 10.2. The van der Waals surface area contributed by atoms with Crippen LogP contribution in [0.3, 0.4) is 0 Å². The van der Waals surface area contributed by atoms with E-state index in [9.17, 15) is 27.2 Å². The molecule has 2 aromatic rings. The van der Waals surface area contributed by atoms with Crippen LogP contribution in [-0.4, -0.2) is 18.5 Å². The zero-order valence-electron chi connectivity index (χ0n) is 13.2. The lowest BCUT2D eigenvalue weighted by Gasteiger charge is -2.08. The van der Waals surface area contributed by atoms with Gasteiger partial charge in [0.05, 0.1) is 5.56 Å². The molecular weight excluding hydrogens is 354 g/mol. The molecule has 0 aromatic heterocycles. The highest BCUT2D eigenvalue weighted by molar-refractivity contribution is 5.94. The van der Waals surface area contributed by atoms with Crippen LogP contribution in [0.1, 0.15) is 11.1 Å². The van der Waals surface area contributed by atoms with E-state index in [-0.39, 0.29) is 5.69 Å². The van der Waals surface area contributed by atoms with E-state index in [1.54, 1.807) is 0 Å². The number of anilines is 1. The van der Waals surface area contributed by atoms with Crippen LogP contribution >= 0.6 is 0 Å². The largest absolute Gasteiger partial charge is 0.452 e. The van der Waals surface area contributed by atoms with Gasteiger partial charge in [0, 0.05) is 11.8 Å². The molecule has 4 nitrogen and oxygen atoms in total. The monoisotopic (exact) mass is 367 g/mol. The normalized spacial score (nSPS) is 11.4. The Hall–Kier alpha value is -3.16. The molecule has 0 bridgehead atoms. The number of carbonyl (C=O) groups excluding carboxylic acids is 2. The average Bonchev–Trinajstić information content (AvgIpc) is 2.59. The Kier molecular flexibility index (Phi) is 6.11.